The highest BCUT2D eigenvalue weighted by atomic mass is 19.1. The highest BCUT2D eigenvalue weighted by Crippen LogP contribution is 2.30. The maximum absolute atomic E-state index is 13.4. The van der Waals surface area contributed by atoms with Gasteiger partial charge in [-0.25, -0.2) is 9.18 Å². The molecule has 0 fully saturated rings. The van der Waals surface area contributed by atoms with Crippen LogP contribution in [0.2, 0.25) is 0 Å². The highest BCUT2D eigenvalue weighted by Gasteiger charge is 2.27. The van der Waals surface area contributed by atoms with E-state index in [-0.39, 0.29) is 12.2 Å². The Morgan fingerprint density at radius 3 is 2.59 bits per heavy atom. The third-order valence-corrected chi connectivity index (χ3v) is 3.78. The summed E-state index contributed by atoms with van der Waals surface area (Å²) in [6.07, 6.45) is 1.28. The van der Waals surface area contributed by atoms with Crippen LogP contribution in [0.15, 0.2) is 54.6 Å². The summed E-state index contributed by atoms with van der Waals surface area (Å²) in [6, 6.07) is 12.7. The van der Waals surface area contributed by atoms with Crippen LogP contribution < -0.4 is 20.3 Å². The van der Waals surface area contributed by atoms with Crippen LogP contribution in [0.25, 0.3) is 6.08 Å². The number of hydrogen-bond acceptors (Lipinski definition) is 6. The van der Waals surface area contributed by atoms with Gasteiger partial charge in [-0.2, -0.15) is 0 Å². The number of esters is 1. The van der Waals surface area contributed by atoms with Gasteiger partial charge in [0.05, 0.1) is 0 Å². The van der Waals surface area contributed by atoms with Gasteiger partial charge in [-0.3, -0.25) is 20.4 Å². The third-order valence-electron chi connectivity index (χ3n) is 3.78. The van der Waals surface area contributed by atoms with E-state index in [2.05, 4.69) is 10.9 Å². The van der Waals surface area contributed by atoms with E-state index in [0.717, 1.165) is 6.08 Å². The van der Waals surface area contributed by atoms with Crippen molar-refractivity contribution < 1.29 is 33.0 Å². The molecule has 1 atom stereocenters. The molecule has 0 saturated carbocycles. The summed E-state index contributed by atoms with van der Waals surface area (Å²) in [5.74, 6) is -1.78. The molecule has 0 aromatic heterocycles. The zero-order chi connectivity index (χ0) is 20.6. The molecular formula is C20H17FN2O6. The lowest BCUT2D eigenvalue weighted by Crippen LogP contribution is -2.51. The molecule has 150 valence electrons. The molecule has 0 unspecified atom stereocenters. The first-order chi connectivity index (χ1) is 14.0. The van der Waals surface area contributed by atoms with E-state index in [1.807, 2.05) is 0 Å². The lowest BCUT2D eigenvalue weighted by atomic mass is 10.2. The summed E-state index contributed by atoms with van der Waals surface area (Å²) in [5.41, 5.74) is 4.48. The second-order valence-electron chi connectivity index (χ2n) is 5.86. The fourth-order valence-electron chi connectivity index (χ4n) is 2.35. The monoisotopic (exact) mass is 400 g/mol. The number of carbonyl (C=O) groups is 3. The van der Waals surface area contributed by atoms with Gasteiger partial charge in [-0.15, -0.1) is 0 Å². The number of hydrazine groups is 1. The Morgan fingerprint density at radius 1 is 1.07 bits per heavy atom. The van der Waals surface area contributed by atoms with Crippen LogP contribution in [-0.4, -0.2) is 37.1 Å². The summed E-state index contributed by atoms with van der Waals surface area (Å²) < 4.78 is 29.1. The van der Waals surface area contributed by atoms with Crippen molar-refractivity contribution in [3.63, 3.8) is 0 Å². The maximum Gasteiger partial charge on any atom is 0.331 e. The van der Waals surface area contributed by atoms with E-state index >= 15 is 0 Å². The minimum Gasteiger partial charge on any atom is -0.485 e. The number of halogens is 1. The van der Waals surface area contributed by atoms with Gasteiger partial charge in [0.15, 0.2) is 18.1 Å². The van der Waals surface area contributed by atoms with E-state index in [9.17, 15) is 18.8 Å². The Kier molecular flexibility index (Phi) is 6.41. The van der Waals surface area contributed by atoms with Gasteiger partial charge >= 0.3 is 5.97 Å². The lowest BCUT2D eigenvalue weighted by molar-refractivity contribution is -0.145. The molecule has 0 spiro atoms. The van der Waals surface area contributed by atoms with Crippen molar-refractivity contribution in [3.8, 4) is 11.5 Å². The number of benzene rings is 2. The van der Waals surface area contributed by atoms with Crippen LogP contribution in [0, 0.1) is 5.82 Å². The average Bonchev–Trinajstić information content (AvgIpc) is 2.75. The number of fused-ring (bicyclic) bond motifs is 1. The standard InChI is InChI=1S/C20H17FN2O6/c21-14-6-2-1-5-13(14)9-10-19(25)28-12-18(24)22-23-20(26)17-11-27-15-7-3-4-8-16(15)29-17/h1-10,17H,11-12H2,(H,22,24)(H,23,26)/b10-9+/t17-/m1/s1. The summed E-state index contributed by atoms with van der Waals surface area (Å²) in [7, 11) is 0. The first kappa shape index (κ1) is 19.9. The van der Waals surface area contributed by atoms with Gasteiger partial charge in [-0.05, 0) is 24.3 Å². The first-order valence-corrected chi connectivity index (χ1v) is 8.59. The molecular weight excluding hydrogens is 383 g/mol. The number of nitrogens with one attached hydrogen (secondary N) is 2. The van der Waals surface area contributed by atoms with Crippen molar-refractivity contribution in [2.75, 3.05) is 13.2 Å². The lowest BCUT2D eigenvalue weighted by Gasteiger charge is -2.25. The van der Waals surface area contributed by atoms with Crippen molar-refractivity contribution >= 4 is 23.9 Å². The molecule has 29 heavy (non-hydrogen) atoms. The van der Waals surface area contributed by atoms with E-state index in [4.69, 9.17) is 14.2 Å². The summed E-state index contributed by atoms with van der Waals surface area (Å²) in [6.45, 7) is -0.653. The van der Waals surface area contributed by atoms with Crippen LogP contribution >= 0.6 is 0 Å². The molecule has 9 heteroatoms. The number of rotatable bonds is 5. The number of carbonyl (C=O) groups excluding carboxylic acids is 3. The molecule has 2 amide bonds. The number of ether oxygens (including phenoxy) is 3. The number of para-hydroxylation sites is 2. The maximum atomic E-state index is 13.4. The summed E-state index contributed by atoms with van der Waals surface area (Å²) in [4.78, 5) is 35.4. The zero-order valence-corrected chi connectivity index (χ0v) is 15.1. The number of amides is 2. The van der Waals surface area contributed by atoms with Crippen molar-refractivity contribution in [1.82, 2.24) is 10.9 Å². The molecule has 2 aromatic carbocycles. The van der Waals surface area contributed by atoms with Crippen molar-refractivity contribution in [3.05, 3.63) is 66.0 Å². The molecule has 0 aliphatic carbocycles. The van der Waals surface area contributed by atoms with Crippen LogP contribution in [-0.2, 0) is 19.1 Å². The average molecular weight is 400 g/mol. The molecule has 0 bridgehead atoms. The molecule has 0 radical (unpaired) electrons. The molecule has 8 nitrogen and oxygen atoms in total. The van der Waals surface area contributed by atoms with Gasteiger partial charge in [0.25, 0.3) is 11.8 Å². The Balaban J connectivity index is 1.39. The second kappa shape index (κ2) is 9.36. The topological polar surface area (TPSA) is 103 Å². The van der Waals surface area contributed by atoms with Gasteiger partial charge in [-0.1, -0.05) is 30.3 Å². The summed E-state index contributed by atoms with van der Waals surface area (Å²) >= 11 is 0. The van der Waals surface area contributed by atoms with Crippen LogP contribution in [0.1, 0.15) is 5.56 Å². The predicted octanol–water partition coefficient (Wildman–Crippen LogP) is 1.37. The van der Waals surface area contributed by atoms with Crippen molar-refractivity contribution in [2.45, 2.75) is 6.10 Å². The Morgan fingerprint density at radius 2 is 1.79 bits per heavy atom. The molecule has 2 N–H and O–H groups in total. The smallest absolute Gasteiger partial charge is 0.331 e. The van der Waals surface area contributed by atoms with Crippen LogP contribution in [0.3, 0.4) is 0 Å². The Bertz CT molecular complexity index is 946. The van der Waals surface area contributed by atoms with E-state index in [0.29, 0.717) is 11.5 Å². The van der Waals surface area contributed by atoms with Crippen molar-refractivity contribution in [2.24, 2.45) is 0 Å². The highest BCUT2D eigenvalue weighted by molar-refractivity contribution is 5.90. The van der Waals surface area contributed by atoms with Gasteiger partial charge in [0.2, 0.25) is 6.10 Å². The molecule has 1 heterocycles. The quantitative estimate of drug-likeness (QED) is 0.447. The van der Waals surface area contributed by atoms with Crippen LogP contribution in [0.5, 0.6) is 11.5 Å². The SMILES string of the molecule is O=C(COC(=O)/C=C/c1ccccc1F)NNC(=O)[C@H]1COc2ccccc2O1. The third kappa shape index (κ3) is 5.55. The first-order valence-electron chi connectivity index (χ1n) is 8.59. The molecule has 1 aliphatic heterocycles. The normalized spacial score (nSPS) is 14.9. The number of hydrogen-bond donors (Lipinski definition) is 2. The van der Waals surface area contributed by atoms with Gasteiger partial charge < -0.3 is 14.2 Å². The molecule has 0 saturated heterocycles. The summed E-state index contributed by atoms with van der Waals surface area (Å²) in [5, 5.41) is 0. The van der Waals surface area contributed by atoms with E-state index in [1.54, 1.807) is 30.3 Å². The van der Waals surface area contributed by atoms with Gasteiger partial charge in [0, 0.05) is 11.6 Å². The predicted molar refractivity (Wildman–Crippen MR) is 99.0 cm³/mol. The Labute approximate surface area is 165 Å². The van der Waals surface area contributed by atoms with E-state index < -0.39 is 36.3 Å². The van der Waals surface area contributed by atoms with Crippen LogP contribution in [0.4, 0.5) is 4.39 Å². The largest absolute Gasteiger partial charge is 0.485 e. The molecule has 3 rings (SSSR count). The van der Waals surface area contributed by atoms with E-state index in [1.165, 1.54) is 24.3 Å². The fraction of sp³-hybridized carbons (Fsp3) is 0.150. The second-order valence-corrected chi connectivity index (χ2v) is 5.86. The minimum atomic E-state index is -0.948. The fourth-order valence-corrected chi connectivity index (χ4v) is 2.35. The zero-order valence-electron chi connectivity index (χ0n) is 15.1. The van der Waals surface area contributed by atoms with Crippen molar-refractivity contribution in [1.29, 1.82) is 0 Å². The van der Waals surface area contributed by atoms with Gasteiger partial charge in [0.1, 0.15) is 12.4 Å². The minimum absolute atomic E-state index is 0.0193. The molecule has 1 aliphatic rings. The molecule has 2 aromatic rings. The Hall–Kier alpha value is -3.88.